The molecule has 4 nitrogen and oxygen atoms in total. The maximum absolute atomic E-state index is 11.8. The Morgan fingerprint density at radius 3 is 2.47 bits per heavy atom. The molecule has 0 aromatic carbocycles. The first-order valence-corrected chi connectivity index (χ1v) is 6.70. The van der Waals surface area contributed by atoms with Gasteiger partial charge in [-0.2, -0.15) is 0 Å². The SMILES string of the molecule is CCOC(=O)C1(N)CC2CCC(C1)S2=O. The predicted octanol–water partition coefficient (Wildman–Crippen LogP) is 0.320. The van der Waals surface area contributed by atoms with Crippen LogP contribution in [0.1, 0.15) is 32.6 Å². The second-order valence-corrected chi connectivity index (χ2v) is 6.43. The third kappa shape index (κ3) is 1.83. The number of rotatable bonds is 2. The van der Waals surface area contributed by atoms with Crippen LogP contribution in [-0.2, 0) is 20.3 Å². The summed E-state index contributed by atoms with van der Waals surface area (Å²) in [5.74, 6) is -0.321. The average Bonchev–Trinajstić information content (AvgIpc) is 2.43. The molecule has 0 amide bonds. The first kappa shape index (κ1) is 11.1. The minimum Gasteiger partial charge on any atom is -0.465 e. The van der Waals surface area contributed by atoms with Gasteiger partial charge in [-0.15, -0.1) is 0 Å². The Balaban J connectivity index is 2.12. The molecule has 2 aliphatic rings. The molecule has 2 aliphatic heterocycles. The van der Waals surface area contributed by atoms with Crippen LogP contribution in [0.25, 0.3) is 0 Å². The average molecular weight is 231 g/mol. The molecule has 2 atom stereocenters. The van der Waals surface area contributed by atoms with E-state index < -0.39 is 16.3 Å². The highest BCUT2D eigenvalue weighted by atomic mass is 32.2. The standard InChI is InChI=1S/C10H17NO3S/c1-2-14-9(12)10(11)5-7-3-4-8(6-10)15(7)13/h7-8H,2-6,11H2,1H3. The normalized spacial score (nSPS) is 44.0. The van der Waals surface area contributed by atoms with E-state index in [1.807, 2.05) is 0 Å². The fourth-order valence-corrected chi connectivity index (χ4v) is 4.79. The van der Waals surface area contributed by atoms with Crippen molar-refractivity contribution >= 4 is 16.8 Å². The molecule has 2 N–H and O–H groups in total. The quantitative estimate of drug-likeness (QED) is 0.695. The lowest BCUT2D eigenvalue weighted by molar-refractivity contribution is -0.150. The van der Waals surface area contributed by atoms with Crippen LogP contribution in [0.3, 0.4) is 0 Å². The van der Waals surface area contributed by atoms with Gasteiger partial charge in [0.1, 0.15) is 5.54 Å². The summed E-state index contributed by atoms with van der Waals surface area (Å²) in [4.78, 5) is 11.7. The van der Waals surface area contributed by atoms with Crippen LogP contribution >= 0.6 is 0 Å². The van der Waals surface area contributed by atoms with Crippen molar-refractivity contribution in [3.8, 4) is 0 Å². The topological polar surface area (TPSA) is 69.4 Å². The Hall–Kier alpha value is -0.420. The molecule has 0 aromatic heterocycles. The van der Waals surface area contributed by atoms with E-state index in [4.69, 9.17) is 10.5 Å². The van der Waals surface area contributed by atoms with Crippen molar-refractivity contribution in [2.75, 3.05) is 6.61 Å². The zero-order valence-electron chi connectivity index (χ0n) is 8.90. The molecule has 0 aliphatic carbocycles. The Morgan fingerprint density at radius 2 is 2.00 bits per heavy atom. The van der Waals surface area contributed by atoms with E-state index in [1.54, 1.807) is 6.92 Å². The Kier molecular flexibility index (Phi) is 2.85. The van der Waals surface area contributed by atoms with Crippen molar-refractivity contribution in [3.63, 3.8) is 0 Å². The van der Waals surface area contributed by atoms with Crippen LogP contribution in [0.15, 0.2) is 0 Å². The van der Waals surface area contributed by atoms with Crippen molar-refractivity contribution < 1.29 is 13.7 Å². The zero-order valence-corrected chi connectivity index (χ0v) is 9.72. The number of hydrogen-bond donors (Lipinski definition) is 1. The van der Waals surface area contributed by atoms with Crippen LogP contribution in [-0.4, -0.2) is 32.8 Å². The maximum atomic E-state index is 11.8. The molecular formula is C10H17NO3S. The number of carbonyl (C=O) groups is 1. The van der Waals surface area contributed by atoms with Crippen LogP contribution in [0.2, 0.25) is 0 Å². The highest BCUT2D eigenvalue weighted by molar-refractivity contribution is 7.86. The second kappa shape index (κ2) is 3.87. The van der Waals surface area contributed by atoms with Crippen molar-refractivity contribution in [2.45, 2.75) is 48.6 Å². The summed E-state index contributed by atoms with van der Waals surface area (Å²) in [5.41, 5.74) is 5.18. The van der Waals surface area contributed by atoms with E-state index in [-0.39, 0.29) is 16.5 Å². The summed E-state index contributed by atoms with van der Waals surface area (Å²) in [6.07, 6.45) is 2.93. The maximum Gasteiger partial charge on any atom is 0.326 e. The molecule has 0 aromatic rings. The van der Waals surface area contributed by atoms with Gasteiger partial charge in [-0.3, -0.25) is 9.00 Å². The zero-order chi connectivity index (χ0) is 11.1. The smallest absolute Gasteiger partial charge is 0.326 e. The highest BCUT2D eigenvalue weighted by Crippen LogP contribution is 2.40. The predicted molar refractivity (Wildman–Crippen MR) is 57.7 cm³/mol. The van der Waals surface area contributed by atoms with Crippen LogP contribution in [0.5, 0.6) is 0 Å². The summed E-state index contributed by atoms with van der Waals surface area (Å²) in [6, 6.07) is 0. The molecule has 2 fully saturated rings. The first-order chi connectivity index (χ1) is 7.07. The largest absolute Gasteiger partial charge is 0.465 e. The summed E-state index contributed by atoms with van der Waals surface area (Å²) < 4.78 is 16.7. The van der Waals surface area contributed by atoms with Crippen LogP contribution in [0.4, 0.5) is 0 Å². The fourth-order valence-electron chi connectivity index (χ4n) is 2.58. The third-order valence-electron chi connectivity index (χ3n) is 3.33. The second-order valence-electron chi connectivity index (χ2n) is 4.43. The number of fused-ring (bicyclic) bond motifs is 2. The van der Waals surface area contributed by atoms with E-state index in [9.17, 15) is 9.00 Å². The fraction of sp³-hybridized carbons (Fsp3) is 0.900. The number of ether oxygens (including phenoxy) is 1. The van der Waals surface area contributed by atoms with Gasteiger partial charge in [0.15, 0.2) is 0 Å². The summed E-state index contributed by atoms with van der Waals surface area (Å²) in [7, 11) is -0.773. The molecule has 0 saturated carbocycles. The van der Waals surface area contributed by atoms with E-state index in [2.05, 4.69) is 0 Å². The monoisotopic (exact) mass is 231 g/mol. The van der Waals surface area contributed by atoms with Crippen molar-refractivity contribution in [2.24, 2.45) is 5.73 Å². The third-order valence-corrected chi connectivity index (χ3v) is 5.45. The lowest BCUT2D eigenvalue weighted by Crippen LogP contribution is -2.56. The molecule has 0 spiro atoms. The number of nitrogens with two attached hydrogens (primary N) is 1. The van der Waals surface area contributed by atoms with Gasteiger partial charge in [0.05, 0.1) is 6.61 Å². The van der Waals surface area contributed by atoms with Crippen molar-refractivity contribution in [1.82, 2.24) is 0 Å². The molecule has 5 heteroatoms. The molecule has 2 saturated heterocycles. The van der Waals surface area contributed by atoms with Gasteiger partial charge in [-0.05, 0) is 32.6 Å². The van der Waals surface area contributed by atoms with Crippen molar-refractivity contribution in [1.29, 1.82) is 0 Å². The molecule has 15 heavy (non-hydrogen) atoms. The number of esters is 1. The molecule has 2 heterocycles. The Bertz CT molecular complexity index is 289. The molecule has 2 unspecified atom stereocenters. The number of hydrogen-bond acceptors (Lipinski definition) is 4. The van der Waals surface area contributed by atoms with Gasteiger partial charge in [0, 0.05) is 21.3 Å². The molecule has 2 rings (SSSR count). The summed E-state index contributed by atoms with van der Waals surface area (Å²) in [5, 5.41) is 0.219. The highest BCUT2D eigenvalue weighted by Gasteiger charge is 2.50. The minimum absolute atomic E-state index is 0.109. The first-order valence-electron chi connectivity index (χ1n) is 5.42. The van der Waals surface area contributed by atoms with Crippen LogP contribution < -0.4 is 5.73 Å². The summed E-state index contributed by atoms with van der Waals surface area (Å²) in [6.45, 7) is 2.13. The van der Waals surface area contributed by atoms with Gasteiger partial charge in [-0.25, -0.2) is 0 Å². The van der Waals surface area contributed by atoms with Gasteiger partial charge < -0.3 is 10.5 Å². The van der Waals surface area contributed by atoms with Gasteiger partial charge >= 0.3 is 5.97 Å². The van der Waals surface area contributed by atoms with E-state index in [0.29, 0.717) is 19.4 Å². The van der Waals surface area contributed by atoms with E-state index in [0.717, 1.165) is 12.8 Å². The molecule has 86 valence electrons. The van der Waals surface area contributed by atoms with Crippen LogP contribution in [0, 0.1) is 0 Å². The lowest BCUT2D eigenvalue weighted by Gasteiger charge is -2.34. The minimum atomic E-state index is -0.879. The Morgan fingerprint density at radius 1 is 1.47 bits per heavy atom. The molecular weight excluding hydrogens is 214 g/mol. The van der Waals surface area contributed by atoms with E-state index >= 15 is 0 Å². The van der Waals surface area contributed by atoms with Gasteiger partial charge in [0.25, 0.3) is 0 Å². The van der Waals surface area contributed by atoms with E-state index in [1.165, 1.54) is 0 Å². The molecule has 2 bridgehead atoms. The Labute approximate surface area is 92.0 Å². The number of carbonyl (C=O) groups excluding carboxylic acids is 1. The summed E-state index contributed by atoms with van der Waals surface area (Å²) >= 11 is 0. The van der Waals surface area contributed by atoms with Gasteiger partial charge in [-0.1, -0.05) is 0 Å². The lowest BCUT2D eigenvalue weighted by atomic mass is 9.91. The van der Waals surface area contributed by atoms with Gasteiger partial charge in [0.2, 0.25) is 0 Å². The van der Waals surface area contributed by atoms with Crippen molar-refractivity contribution in [3.05, 3.63) is 0 Å². The molecule has 0 radical (unpaired) electrons.